The third-order valence-electron chi connectivity index (χ3n) is 3.21. The fourth-order valence-corrected chi connectivity index (χ4v) is 2.56. The summed E-state index contributed by atoms with van der Waals surface area (Å²) in [4.78, 5) is 23.5. The first kappa shape index (κ1) is 15.5. The van der Waals surface area contributed by atoms with Gasteiger partial charge in [-0.1, -0.05) is 23.2 Å². The van der Waals surface area contributed by atoms with E-state index < -0.39 is 0 Å². The Kier molecular flexibility index (Phi) is 4.02. The number of halogens is 2. The molecule has 0 atom stereocenters. The van der Waals surface area contributed by atoms with Crippen LogP contribution >= 0.6 is 23.2 Å². The SMILES string of the molecule is Nc1c(Cl)cc(NC(=O)c2ccc3c(c2)OCC(=O)N3)cc1Cl. The zero-order valence-corrected chi connectivity index (χ0v) is 13.2. The van der Waals surface area contributed by atoms with Crippen LogP contribution in [0.3, 0.4) is 0 Å². The minimum absolute atomic E-state index is 0.0821. The molecule has 1 heterocycles. The summed E-state index contributed by atoms with van der Waals surface area (Å²) in [6.45, 7) is -0.0821. The largest absolute Gasteiger partial charge is 0.482 e. The molecule has 2 amide bonds. The van der Waals surface area contributed by atoms with E-state index in [0.717, 1.165) is 0 Å². The lowest BCUT2D eigenvalue weighted by atomic mass is 10.1. The second kappa shape index (κ2) is 5.98. The Hall–Kier alpha value is -2.44. The molecule has 1 aliphatic heterocycles. The van der Waals surface area contributed by atoms with Gasteiger partial charge in [0.2, 0.25) is 0 Å². The third kappa shape index (κ3) is 3.18. The average molecular weight is 352 g/mol. The zero-order valence-electron chi connectivity index (χ0n) is 11.7. The van der Waals surface area contributed by atoms with Crippen molar-refractivity contribution in [3.8, 4) is 5.75 Å². The van der Waals surface area contributed by atoms with Crippen LogP contribution in [0.2, 0.25) is 10.0 Å². The summed E-state index contributed by atoms with van der Waals surface area (Å²) in [6.07, 6.45) is 0. The molecule has 0 fully saturated rings. The molecule has 8 heteroatoms. The number of carbonyl (C=O) groups excluding carboxylic acids is 2. The molecule has 1 aliphatic rings. The molecule has 0 aromatic heterocycles. The van der Waals surface area contributed by atoms with E-state index in [1.807, 2.05) is 0 Å². The number of benzene rings is 2. The van der Waals surface area contributed by atoms with E-state index in [1.54, 1.807) is 18.2 Å². The predicted octanol–water partition coefficient (Wildman–Crippen LogP) is 3.16. The fraction of sp³-hybridized carbons (Fsp3) is 0.0667. The van der Waals surface area contributed by atoms with Crippen molar-refractivity contribution in [2.75, 3.05) is 23.0 Å². The van der Waals surface area contributed by atoms with Crippen molar-refractivity contribution in [3.63, 3.8) is 0 Å². The summed E-state index contributed by atoms with van der Waals surface area (Å²) in [7, 11) is 0. The molecule has 0 saturated heterocycles. The van der Waals surface area contributed by atoms with Gasteiger partial charge in [0.15, 0.2) is 6.61 Å². The number of fused-ring (bicyclic) bond motifs is 1. The number of ether oxygens (including phenoxy) is 1. The van der Waals surface area contributed by atoms with Crippen molar-refractivity contribution in [2.45, 2.75) is 0 Å². The second-order valence-corrected chi connectivity index (χ2v) is 5.67. The number of carbonyl (C=O) groups is 2. The Balaban J connectivity index is 1.83. The summed E-state index contributed by atoms with van der Waals surface area (Å²) in [5.74, 6) is -0.170. The lowest BCUT2D eigenvalue weighted by molar-refractivity contribution is -0.118. The second-order valence-electron chi connectivity index (χ2n) is 4.86. The number of amides is 2. The van der Waals surface area contributed by atoms with Crippen LogP contribution in [0.15, 0.2) is 30.3 Å². The van der Waals surface area contributed by atoms with Crippen LogP contribution in [0, 0.1) is 0 Å². The summed E-state index contributed by atoms with van der Waals surface area (Å²) >= 11 is 11.9. The summed E-state index contributed by atoms with van der Waals surface area (Å²) in [5, 5.41) is 5.84. The fourth-order valence-electron chi connectivity index (χ4n) is 2.08. The van der Waals surface area contributed by atoms with Crippen LogP contribution in [0.1, 0.15) is 10.4 Å². The van der Waals surface area contributed by atoms with Crippen molar-refractivity contribution >= 4 is 52.1 Å². The predicted molar refractivity (Wildman–Crippen MR) is 89.4 cm³/mol. The molecule has 6 nitrogen and oxygen atoms in total. The number of rotatable bonds is 2. The molecule has 0 saturated carbocycles. The molecule has 4 N–H and O–H groups in total. The van der Waals surface area contributed by atoms with E-state index in [0.29, 0.717) is 22.7 Å². The molecule has 0 spiro atoms. The molecular weight excluding hydrogens is 341 g/mol. The normalized spacial score (nSPS) is 12.9. The molecule has 0 aliphatic carbocycles. The lowest BCUT2D eigenvalue weighted by Crippen LogP contribution is -2.25. The van der Waals surface area contributed by atoms with Crippen LogP contribution in [0.4, 0.5) is 17.1 Å². The minimum Gasteiger partial charge on any atom is -0.482 e. The molecule has 0 radical (unpaired) electrons. The Labute approximate surface area is 141 Å². The van der Waals surface area contributed by atoms with Gasteiger partial charge in [-0.25, -0.2) is 0 Å². The topological polar surface area (TPSA) is 93.4 Å². The monoisotopic (exact) mass is 351 g/mol. The van der Waals surface area contributed by atoms with E-state index in [4.69, 9.17) is 33.7 Å². The highest BCUT2D eigenvalue weighted by Gasteiger charge is 2.18. The number of nitrogens with two attached hydrogens (primary N) is 1. The van der Waals surface area contributed by atoms with Gasteiger partial charge in [0, 0.05) is 11.3 Å². The maximum atomic E-state index is 12.3. The van der Waals surface area contributed by atoms with Gasteiger partial charge in [-0.15, -0.1) is 0 Å². The minimum atomic E-state index is -0.370. The quantitative estimate of drug-likeness (QED) is 0.724. The molecule has 2 aromatic rings. The first-order chi connectivity index (χ1) is 10.9. The van der Waals surface area contributed by atoms with Crippen molar-refractivity contribution in [1.29, 1.82) is 0 Å². The first-order valence-electron chi connectivity index (χ1n) is 6.56. The van der Waals surface area contributed by atoms with Gasteiger partial charge in [0.05, 0.1) is 21.4 Å². The Bertz CT molecular complexity index is 801. The van der Waals surface area contributed by atoms with Crippen LogP contribution in [-0.4, -0.2) is 18.4 Å². The first-order valence-corrected chi connectivity index (χ1v) is 7.32. The van der Waals surface area contributed by atoms with Crippen molar-refractivity contribution in [2.24, 2.45) is 0 Å². The molecular formula is C15H11Cl2N3O3. The standard InChI is InChI=1S/C15H11Cl2N3O3/c16-9-4-8(5-10(17)14(9)18)19-15(22)7-1-2-11-12(3-7)23-6-13(21)20-11/h1-5H,6,18H2,(H,19,22)(H,20,21). The zero-order chi connectivity index (χ0) is 16.6. The molecule has 0 unspecified atom stereocenters. The highest BCUT2D eigenvalue weighted by molar-refractivity contribution is 6.39. The average Bonchev–Trinajstić information content (AvgIpc) is 2.52. The molecule has 0 bridgehead atoms. The summed E-state index contributed by atoms with van der Waals surface area (Å²) in [5.41, 5.74) is 7.22. The highest BCUT2D eigenvalue weighted by atomic mass is 35.5. The van der Waals surface area contributed by atoms with Crippen molar-refractivity contribution in [1.82, 2.24) is 0 Å². The van der Waals surface area contributed by atoms with Crippen molar-refractivity contribution < 1.29 is 14.3 Å². The van der Waals surface area contributed by atoms with Crippen LogP contribution < -0.4 is 21.1 Å². The van der Waals surface area contributed by atoms with Crippen LogP contribution in [-0.2, 0) is 4.79 Å². The smallest absolute Gasteiger partial charge is 0.262 e. The highest BCUT2D eigenvalue weighted by Crippen LogP contribution is 2.32. The molecule has 23 heavy (non-hydrogen) atoms. The third-order valence-corrected chi connectivity index (χ3v) is 3.84. The van der Waals surface area contributed by atoms with Gasteiger partial charge in [0.25, 0.3) is 11.8 Å². The number of hydrogen-bond donors (Lipinski definition) is 3. The maximum Gasteiger partial charge on any atom is 0.262 e. The summed E-state index contributed by atoms with van der Waals surface area (Å²) in [6, 6.07) is 7.74. The van der Waals surface area contributed by atoms with E-state index in [1.165, 1.54) is 12.1 Å². The van der Waals surface area contributed by atoms with Crippen LogP contribution in [0.5, 0.6) is 5.75 Å². The lowest BCUT2D eigenvalue weighted by Gasteiger charge is -2.18. The Morgan fingerprint density at radius 2 is 1.91 bits per heavy atom. The van der Waals surface area contributed by atoms with Gasteiger partial charge in [-0.05, 0) is 30.3 Å². The van der Waals surface area contributed by atoms with Gasteiger partial charge >= 0.3 is 0 Å². The Morgan fingerprint density at radius 1 is 1.22 bits per heavy atom. The number of hydrogen-bond acceptors (Lipinski definition) is 4. The molecule has 3 rings (SSSR count). The van der Waals surface area contributed by atoms with Gasteiger partial charge in [0.1, 0.15) is 5.75 Å². The van der Waals surface area contributed by atoms with E-state index in [2.05, 4.69) is 10.6 Å². The summed E-state index contributed by atoms with van der Waals surface area (Å²) < 4.78 is 5.28. The van der Waals surface area contributed by atoms with E-state index in [9.17, 15) is 9.59 Å². The number of nitrogen functional groups attached to an aromatic ring is 1. The van der Waals surface area contributed by atoms with Gasteiger partial charge < -0.3 is 21.1 Å². The van der Waals surface area contributed by atoms with Crippen LogP contribution in [0.25, 0.3) is 0 Å². The van der Waals surface area contributed by atoms with Gasteiger partial charge in [-0.2, -0.15) is 0 Å². The van der Waals surface area contributed by atoms with Crippen molar-refractivity contribution in [3.05, 3.63) is 45.9 Å². The number of nitrogens with one attached hydrogen (secondary N) is 2. The van der Waals surface area contributed by atoms with E-state index >= 15 is 0 Å². The Morgan fingerprint density at radius 3 is 2.61 bits per heavy atom. The molecule has 2 aromatic carbocycles. The van der Waals surface area contributed by atoms with E-state index in [-0.39, 0.29) is 34.2 Å². The van der Waals surface area contributed by atoms with Gasteiger partial charge in [-0.3, -0.25) is 9.59 Å². The number of anilines is 3. The molecule has 118 valence electrons. The maximum absolute atomic E-state index is 12.3.